The Labute approximate surface area is 266 Å². The fraction of sp³-hybridized carbons (Fsp3) is 0.387. The van der Waals surface area contributed by atoms with E-state index in [0.717, 1.165) is 22.0 Å². The van der Waals surface area contributed by atoms with Gasteiger partial charge < -0.3 is 43.2 Å². The Bertz CT molecular complexity index is 1460. The van der Waals surface area contributed by atoms with E-state index >= 15 is 0 Å². The quantitative estimate of drug-likeness (QED) is 0.0554. The number of hydrogen-bond acceptors (Lipinski definition) is 7. The molecule has 3 aromatic rings. The number of aromatic amines is 1. The van der Waals surface area contributed by atoms with Gasteiger partial charge in [0, 0.05) is 36.5 Å². The molecule has 3 rings (SSSR count). The van der Waals surface area contributed by atoms with Crippen LogP contribution in [0, 0.1) is 0 Å². The summed E-state index contributed by atoms with van der Waals surface area (Å²) in [5, 5.41) is 18.8. The van der Waals surface area contributed by atoms with Crippen molar-refractivity contribution < 1.29 is 24.3 Å². The molecule has 13 nitrogen and oxygen atoms in total. The third kappa shape index (κ3) is 11.1. The molecule has 0 saturated heterocycles. The summed E-state index contributed by atoms with van der Waals surface area (Å²) < 4.78 is 0. The van der Waals surface area contributed by atoms with E-state index in [1.165, 1.54) is 11.8 Å². The number of fused-ring (bicyclic) bond motifs is 1. The standard InChI is InChI=1S/C31H42N8O5S/c1-45-15-13-24(28(41)39-26(30(43)44)16-19-8-3-2-4-9-19)37-29(42)25(17-20-18-36-23-12-6-5-10-21(20)23)38-27(40)22(32)11-7-14-35-31(33)34/h2-6,8-10,12,18,22,24-26,36H,7,11,13-17,32H2,1H3,(H,37,42)(H,38,40)(H,39,41)(H,43,44)(H4,33,34,35). The van der Waals surface area contributed by atoms with Crippen LogP contribution in [-0.4, -0.2) is 82.5 Å². The fourth-order valence-corrected chi connectivity index (χ4v) is 5.23. The van der Waals surface area contributed by atoms with Gasteiger partial charge in [-0.1, -0.05) is 48.5 Å². The number of nitrogens with two attached hydrogens (primary N) is 3. The van der Waals surface area contributed by atoms with Crippen LogP contribution < -0.4 is 33.2 Å². The molecule has 4 unspecified atom stereocenters. The maximum absolute atomic E-state index is 13.8. The second-order valence-corrected chi connectivity index (χ2v) is 11.6. The summed E-state index contributed by atoms with van der Waals surface area (Å²) in [4.78, 5) is 59.3. The van der Waals surface area contributed by atoms with E-state index < -0.39 is 47.9 Å². The second-order valence-electron chi connectivity index (χ2n) is 10.6. The van der Waals surface area contributed by atoms with Gasteiger partial charge in [0.05, 0.1) is 6.04 Å². The second kappa shape index (κ2) is 17.7. The first-order chi connectivity index (χ1) is 21.6. The number of carbonyl (C=O) groups excluding carboxylic acids is 3. The van der Waals surface area contributed by atoms with Gasteiger partial charge in [-0.3, -0.25) is 19.4 Å². The van der Waals surface area contributed by atoms with Crippen molar-refractivity contribution in [1.82, 2.24) is 20.9 Å². The van der Waals surface area contributed by atoms with Crippen LogP contribution in [0.3, 0.4) is 0 Å². The maximum atomic E-state index is 13.8. The number of nitrogens with one attached hydrogen (secondary N) is 4. The van der Waals surface area contributed by atoms with E-state index in [2.05, 4.69) is 25.9 Å². The van der Waals surface area contributed by atoms with E-state index in [1.54, 1.807) is 30.5 Å². The molecule has 0 saturated carbocycles. The minimum Gasteiger partial charge on any atom is -0.480 e. The van der Waals surface area contributed by atoms with Crippen LogP contribution in [0.4, 0.5) is 0 Å². The molecule has 1 heterocycles. The van der Waals surface area contributed by atoms with Crippen molar-refractivity contribution in [2.75, 3.05) is 18.6 Å². The highest BCUT2D eigenvalue weighted by Gasteiger charge is 2.31. The molecule has 2 aromatic carbocycles. The largest absolute Gasteiger partial charge is 0.480 e. The number of aliphatic carboxylic acids is 1. The lowest BCUT2D eigenvalue weighted by atomic mass is 10.0. The first-order valence-corrected chi connectivity index (χ1v) is 16.0. The van der Waals surface area contributed by atoms with E-state index in [4.69, 9.17) is 17.2 Å². The summed E-state index contributed by atoms with van der Waals surface area (Å²) in [5.41, 5.74) is 19.2. The number of H-pyrrole nitrogens is 1. The van der Waals surface area contributed by atoms with Crippen molar-refractivity contribution in [3.8, 4) is 0 Å². The summed E-state index contributed by atoms with van der Waals surface area (Å²) in [6.45, 7) is 0.302. The zero-order valence-corrected chi connectivity index (χ0v) is 26.0. The lowest BCUT2D eigenvalue weighted by molar-refractivity contribution is -0.142. The van der Waals surface area contributed by atoms with Gasteiger partial charge in [0.1, 0.15) is 18.1 Å². The number of para-hydroxylation sites is 1. The van der Waals surface area contributed by atoms with Gasteiger partial charge in [0.2, 0.25) is 17.7 Å². The monoisotopic (exact) mass is 638 g/mol. The minimum atomic E-state index is -1.20. The predicted octanol–water partition coefficient (Wildman–Crippen LogP) is 0.626. The van der Waals surface area contributed by atoms with Gasteiger partial charge >= 0.3 is 5.97 Å². The molecule has 0 aliphatic heterocycles. The van der Waals surface area contributed by atoms with E-state index in [-0.39, 0.29) is 31.6 Å². The van der Waals surface area contributed by atoms with Crippen molar-refractivity contribution >= 4 is 52.3 Å². The highest BCUT2D eigenvalue weighted by atomic mass is 32.2. The maximum Gasteiger partial charge on any atom is 0.326 e. The molecule has 1 aromatic heterocycles. The Morgan fingerprint density at radius 3 is 2.20 bits per heavy atom. The van der Waals surface area contributed by atoms with Gasteiger partial charge in [0.15, 0.2) is 5.96 Å². The summed E-state index contributed by atoms with van der Waals surface area (Å²) in [6.07, 6.45) is 4.80. The molecule has 3 amide bonds. The molecule has 4 atom stereocenters. The van der Waals surface area contributed by atoms with Crippen LogP contribution in [-0.2, 0) is 32.0 Å². The molecule has 14 heteroatoms. The third-order valence-corrected chi connectivity index (χ3v) is 7.82. The number of carbonyl (C=O) groups is 4. The predicted molar refractivity (Wildman–Crippen MR) is 176 cm³/mol. The number of nitrogens with zero attached hydrogens (tertiary/aromatic N) is 1. The lowest BCUT2D eigenvalue weighted by Crippen LogP contribution is -2.58. The molecule has 0 aliphatic carbocycles. The fourth-order valence-electron chi connectivity index (χ4n) is 4.76. The van der Waals surface area contributed by atoms with Crippen LogP contribution in [0.25, 0.3) is 10.9 Å². The van der Waals surface area contributed by atoms with Gasteiger partial charge in [-0.2, -0.15) is 11.8 Å². The van der Waals surface area contributed by atoms with Crippen molar-refractivity contribution in [1.29, 1.82) is 0 Å². The average molecular weight is 639 g/mol. The molecule has 0 bridgehead atoms. The molecule has 0 radical (unpaired) electrons. The van der Waals surface area contributed by atoms with Crippen LogP contribution in [0.2, 0.25) is 0 Å². The van der Waals surface area contributed by atoms with Crippen molar-refractivity contribution in [2.45, 2.75) is 56.3 Å². The van der Waals surface area contributed by atoms with Gasteiger partial charge in [-0.15, -0.1) is 0 Å². The number of hydrogen-bond donors (Lipinski definition) is 8. The molecule has 0 fully saturated rings. The number of carboxylic acids is 1. The lowest BCUT2D eigenvalue weighted by Gasteiger charge is -2.25. The van der Waals surface area contributed by atoms with Gasteiger partial charge in [0.25, 0.3) is 0 Å². The first kappa shape index (κ1) is 34.9. The molecule has 0 aliphatic rings. The Morgan fingerprint density at radius 2 is 1.51 bits per heavy atom. The number of guanidine groups is 1. The Hall–Kier alpha value is -4.56. The number of rotatable bonds is 18. The zero-order valence-electron chi connectivity index (χ0n) is 25.2. The molecule has 11 N–H and O–H groups in total. The average Bonchev–Trinajstić information content (AvgIpc) is 3.43. The van der Waals surface area contributed by atoms with Crippen LogP contribution >= 0.6 is 11.8 Å². The topological polar surface area (TPSA) is 231 Å². The SMILES string of the molecule is CSCCC(NC(=O)C(Cc1c[nH]c2ccccc12)NC(=O)C(N)CCCN=C(N)N)C(=O)NC(Cc1ccccc1)C(=O)O. The number of aliphatic imine (C=N–C) groups is 1. The Morgan fingerprint density at radius 1 is 0.867 bits per heavy atom. The molecule has 0 spiro atoms. The Kier molecular flexibility index (Phi) is 13.7. The van der Waals surface area contributed by atoms with E-state index in [0.29, 0.717) is 18.7 Å². The summed E-state index contributed by atoms with van der Waals surface area (Å²) in [6, 6.07) is 12.2. The Balaban J connectivity index is 1.78. The number of amides is 3. The summed E-state index contributed by atoms with van der Waals surface area (Å²) in [7, 11) is 0. The van der Waals surface area contributed by atoms with Crippen molar-refractivity contribution in [3.63, 3.8) is 0 Å². The van der Waals surface area contributed by atoms with Crippen LogP contribution in [0.15, 0.2) is 65.8 Å². The molecule has 45 heavy (non-hydrogen) atoms. The minimum absolute atomic E-state index is 0.0571. The molecule has 242 valence electrons. The van der Waals surface area contributed by atoms with E-state index in [9.17, 15) is 24.3 Å². The van der Waals surface area contributed by atoms with Crippen LogP contribution in [0.5, 0.6) is 0 Å². The summed E-state index contributed by atoms with van der Waals surface area (Å²) in [5.74, 6) is -2.50. The third-order valence-electron chi connectivity index (χ3n) is 7.18. The summed E-state index contributed by atoms with van der Waals surface area (Å²) >= 11 is 1.48. The smallest absolute Gasteiger partial charge is 0.326 e. The number of thioether (sulfide) groups is 1. The first-order valence-electron chi connectivity index (χ1n) is 14.6. The van der Waals surface area contributed by atoms with Crippen LogP contribution in [0.1, 0.15) is 30.4 Å². The normalized spacial score (nSPS) is 13.6. The van der Waals surface area contributed by atoms with Crippen molar-refractivity contribution in [3.05, 3.63) is 71.9 Å². The molecular formula is C31H42N8O5S. The van der Waals surface area contributed by atoms with Gasteiger partial charge in [-0.05, 0) is 48.5 Å². The number of carboxylic acid groups (broad SMARTS) is 1. The van der Waals surface area contributed by atoms with Gasteiger partial charge in [-0.25, -0.2) is 4.79 Å². The van der Waals surface area contributed by atoms with Crippen molar-refractivity contribution in [2.24, 2.45) is 22.2 Å². The highest BCUT2D eigenvalue weighted by molar-refractivity contribution is 7.98. The highest BCUT2D eigenvalue weighted by Crippen LogP contribution is 2.19. The van der Waals surface area contributed by atoms with E-state index in [1.807, 2.05) is 36.6 Å². The number of benzene rings is 2. The molecular weight excluding hydrogens is 596 g/mol. The number of aromatic nitrogens is 1. The zero-order chi connectivity index (χ0) is 32.8.